The summed E-state index contributed by atoms with van der Waals surface area (Å²) in [5.74, 6) is 0.810. The Kier molecular flexibility index (Phi) is 5.34. The molecule has 6 heteroatoms. The molecule has 0 saturated carbocycles. The molecule has 1 aromatic carbocycles. The Morgan fingerprint density at radius 2 is 2.25 bits per heavy atom. The van der Waals surface area contributed by atoms with Crippen molar-refractivity contribution in [2.24, 2.45) is 0 Å². The topological polar surface area (TPSA) is 47.0 Å². The fraction of sp³-hybridized carbons (Fsp3) is 0.429. The van der Waals surface area contributed by atoms with E-state index in [0.717, 1.165) is 34.7 Å². The van der Waals surface area contributed by atoms with Gasteiger partial charge in [0.1, 0.15) is 5.75 Å². The van der Waals surface area contributed by atoms with E-state index in [2.05, 4.69) is 21.8 Å². The average Bonchev–Trinajstić information content (AvgIpc) is 2.89. The number of nitrogens with one attached hydrogen (secondary N) is 1. The normalized spacial score (nSPS) is 12.4. The lowest BCUT2D eigenvalue weighted by Gasteiger charge is -2.19. The molecule has 0 aliphatic carbocycles. The first-order valence-electron chi connectivity index (χ1n) is 6.53. The van der Waals surface area contributed by atoms with Gasteiger partial charge < -0.3 is 10.1 Å². The standard InChI is InChI=1S/C14H18ClN3OS/c1-4-5-11-14(20-18-17-11)13(16-2)10-8-9(15)6-7-12(10)19-3/h6-8,13,16H,4-5H2,1-3H3. The van der Waals surface area contributed by atoms with E-state index in [4.69, 9.17) is 16.3 Å². The molecular weight excluding hydrogens is 294 g/mol. The summed E-state index contributed by atoms with van der Waals surface area (Å²) in [5, 5.41) is 8.24. The van der Waals surface area contributed by atoms with Crippen LogP contribution in [0.5, 0.6) is 5.75 Å². The quantitative estimate of drug-likeness (QED) is 0.887. The Bertz CT molecular complexity index is 573. The Hall–Kier alpha value is -1.17. The van der Waals surface area contributed by atoms with E-state index in [1.165, 1.54) is 11.5 Å². The minimum Gasteiger partial charge on any atom is -0.496 e. The van der Waals surface area contributed by atoms with Crippen LogP contribution in [0, 0.1) is 0 Å². The van der Waals surface area contributed by atoms with Gasteiger partial charge in [0.2, 0.25) is 0 Å². The molecule has 108 valence electrons. The van der Waals surface area contributed by atoms with Crippen LogP contribution >= 0.6 is 23.1 Å². The van der Waals surface area contributed by atoms with Gasteiger partial charge in [0, 0.05) is 10.6 Å². The highest BCUT2D eigenvalue weighted by Gasteiger charge is 2.22. The molecule has 20 heavy (non-hydrogen) atoms. The molecule has 0 saturated heterocycles. The average molecular weight is 312 g/mol. The first-order chi connectivity index (χ1) is 9.71. The molecule has 1 N–H and O–H groups in total. The molecule has 1 heterocycles. The van der Waals surface area contributed by atoms with Crippen molar-refractivity contribution in [2.45, 2.75) is 25.8 Å². The van der Waals surface area contributed by atoms with Crippen molar-refractivity contribution in [3.05, 3.63) is 39.4 Å². The van der Waals surface area contributed by atoms with Crippen LogP contribution in [0.25, 0.3) is 0 Å². The van der Waals surface area contributed by atoms with Crippen molar-refractivity contribution in [3.63, 3.8) is 0 Å². The van der Waals surface area contributed by atoms with Crippen molar-refractivity contribution in [1.82, 2.24) is 14.9 Å². The molecule has 4 nitrogen and oxygen atoms in total. The lowest BCUT2D eigenvalue weighted by Crippen LogP contribution is -2.18. The lowest BCUT2D eigenvalue weighted by molar-refractivity contribution is 0.405. The number of nitrogens with zero attached hydrogens (tertiary/aromatic N) is 2. The molecule has 1 aromatic heterocycles. The Balaban J connectivity index is 2.46. The van der Waals surface area contributed by atoms with E-state index in [9.17, 15) is 0 Å². The highest BCUT2D eigenvalue weighted by atomic mass is 35.5. The van der Waals surface area contributed by atoms with Crippen molar-refractivity contribution >= 4 is 23.1 Å². The SMILES string of the molecule is CCCc1nnsc1C(NC)c1cc(Cl)ccc1OC. The van der Waals surface area contributed by atoms with Crippen molar-refractivity contribution in [2.75, 3.05) is 14.2 Å². The fourth-order valence-electron chi connectivity index (χ4n) is 2.20. The zero-order valence-electron chi connectivity index (χ0n) is 11.8. The van der Waals surface area contributed by atoms with Crippen LogP contribution in [-0.2, 0) is 6.42 Å². The second kappa shape index (κ2) is 7.02. The minimum atomic E-state index is -0.00907. The van der Waals surface area contributed by atoms with Crippen LogP contribution < -0.4 is 10.1 Å². The largest absolute Gasteiger partial charge is 0.496 e. The highest BCUT2D eigenvalue weighted by Crippen LogP contribution is 2.34. The number of rotatable bonds is 6. The fourth-order valence-corrected chi connectivity index (χ4v) is 3.21. The van der Waals surface area contributed by atoms with Crippen LogP contribution in [0.1, 0.15) is 35.5 Å². The molecule has 0 aliphatic heterocycles. The van der Waals surface area contributed by atoms with Gasteiger partial charge in [0.25, 0.3) is 0 Å². The molecule has 1 atom stereocenters. The summed E-state index contributed by atoms with van der Waals surface area (Å²) < 4.78 is 9.54. The van der Waals surface area contributed by atoms with Gasteiger partial charge in [-0.3, -0.25) is 0 Å². The van der Waals surface area contributed by atoms with Gasteiger partial charge in [0.15, 0.2) is 0 Å². The maximum absolute atomic E-state index is 6.13. The summed E-state index contributed by atoms with van der Waals surface area (Å²) in [6.07, 6.45) is 1.97. The molecule has 0 spiro atoms. The van der Waals surface area contributed by atoms with Crippen molar-refractivity contribution in [3.8, 4) is 5.75 Å². The summed E-state index contributed by atoms with van der Waals surface area (Å²) in [7, 11) is 3.58. The molecule has 0 amide bonds. The molecule has 0 fully saturated rings. The van der Waals surface area contributed by atoms with Crippen LogP contribution in [0.3, 0.4) is 0 Å². The molecule has 0 bridgehead atoms. The number of hydrogen-bond acceptors (Lipinski definition) is 5. The molecule has 1 unspecified atom stereocenters. The van der Waals surface area contributed by atoms with Gasteiger partial charge in [-0.05, 0) is 43.2 Å². The number of halogens is 1. The predicted molar refractivity (Wildman–Crippen MR) is 82.8 cm³/mol. The predicted octanol–water partition coefficient (Wildman–Crippen LogP) is 3.46. The zero-order chi connectivity index (χ0) is 14.5. The van der Waals surface area contributed by atoms with E-state index in [0.29, 0.717) is 5.02 Å². The summed E-state index contributed by atoms with van der Waals surface area (Å²) in [4.78, 5) is 1.12. The number of benzene rings is 1. The zero-order valence-corrected chi connectivity index (χ0v) is 13.4. The van der Waals surface area contributed by atoms with Crippen LogP contribution in [0.15, 0.2) is 18.2 Å². The van der Waals surface area contributed by atoms with Gasteiger partial charge in [-0.25, -0.2) is 0 Å². The van der Waals surface area contributed by atoms with E-state index >= 15 is 0 Å². The van der Waals surface area contributed by atoms with Gasteiger partial charge >= 0.3 is 0 Å². The smallest absolute Gasteiger partial charge is 0.124 e. The van der Waals surface area contributed by atoms with E-state index < -0.39 is 0 Å². The third-order valence-electron chi connectivity index (χ3n) is 3.13. The van der Waals surface area contributed by atoms with Crippen LogP contribution in [0.4, 0.5) is 0 Å². The Labute approximate surface area is 128 Å². The van der Waals surface area contributed by atoms with Gasteiger partial charge in [-0.1, -0.05) is 29.4 Å². The monoisotopic (exact) mass is 311 g/mol. The second-order valence-electron chi connectivity index (χ2n) is 4.44. The maximum atomic E-state index is 6.13. The lowest BCUT2D eigenvalue weighted by atomic mass is 10.0. The first-order valence-corrected chi connectivity index (χ1v) is 7.68. The Morgan fingerprint density at radius 1 is 1.45 bits per heavy atom. The van der Waals surface area contributed by atoms with Crippen molar-refractivity contribution < 1.29 is 4.74 Å². The molecule has 0 radical (unpaired) electrons. The highest BCUT2D eigenvalue weighted by molar-refractivity contribution is 7.05. The number of hydrogen-bond donors (Lipinski definition) is 1. The van der Waals surface area contributed by atoms with E-state index in [1.54, 1.807) is 7.11 Å². The summed E-state index contributed by atoms with van der Waals surface area (Å²) in [6, 6.07) is 5.63. The third kappa shape index (κ3) is 3.11. The second-order valence-corrected chi connectivity index (χ2v) is 5.66. The maximum Gasteiger partial charge on any atom is 0.124 e. The number of ether oxygens (including phenoxy) is 1. The van der Waals surface area contributed by atoms with E-state index in [-0.39, 0.29) is 6.04 Å². The minimum absolute atomic E-state index is 0.00907. The van der Waals surface area contributed by atoms with Gasteiger partial charge in [-0.15, -0.1) is 5.10 Å². The number of aryl methyl sites for hydroxylation is 1. The number of aromatic nitrogens is 2. The third-order valence-corrected chi connectivity index (χ3v) is 4.19. The van der Waals surface area contributed by atoms with Crippen molar-refractivity contribution in [1.29, 1.82) is 0 Å². The summed E-state index contributed by atoms with van der Waals surface area (Å²) in [5.41, 5.74) is 2.05. The van der Waals surface area contributed by atoms with Crippen LogP contribution in [0.2, 0.25) is 5.02 Å². The molecule has 0 aliphatic rings. The van der Waals surface area contributed by atoms with E-state index in [1.807, 2.05) is 25.2 Å². The first kappa shape index (κ1) is 15.2. The Morgan fingerprint density at radius 3 is 2.90 bits per heavy atom. The molecule has 2 aromatic rings. The summed E-state index contributed by atoms with van der Waals surface area (Å²) >= 11 is 7.55. The number of methoxy groups -OCH3 is 1. The van der Waals surface area contributed by atoms with Gasteiger partial charge in [-0.2, -0.15) is 0 Å². The van der Waals surface area contributed by atoms with Gasteiger partial charge in [0.05, 0.1) is 23.7 Å². The molecular formula is C14H18ClN3OS. The summed E-state index contributed by atoms with van der Waals surface area (Å²) in [6.45, 7) is 2.14. The van der Waals surface area contributed by atoms with Crippen LogP contribution in [-0.4, -0.2) is 23.7 Å². The molecule has 2 rings (SSSR count).